The Labute approximate surface area is 185 Å². The van der Waals surface area contributed by atoms with E-state index in [1.807, 2.05) is 0 Å². The molecule has 0 aromatic heterocycles. The second-order valence-electron chi connectivity index (χ2n) is 8.32. The molecule has 160 valence electrons. The van der Waals surface area contributed by atoms with Gasteiger partial charge in [0.2, 0.25) is 0 Å². The monoisotopic (exact) mass is 423 g/mol. The molecule has 0 saturated heterocycles. The van der Waals surface area contributed by atoms with Crippen LogP contribution in [0.3, 0.4) is 0 Å². The van der Waals surface area contributed by atoms with Gasteiger partial charge in [0.15, 0.2) is 5.11 Å². The zero-order valence-corrected chi connectivity index (χ0v) is 18.7. The molecule has 0 aliphatic heterocycles. The molecule has 1 N–H and O–H groups in total. The van der Waals surface area contributed by atoms with Crippen LogP contribution in [0.4, 0.5) is 5.69 Å². The summed E-state index contributed by atoms with van der Waals surface area (Å²) in [6, 6.07) is 16.8. The Hall–Kier alpha value is -2.40. The topological polar surface area (TPSA) is 55.4 Å². The van der Waals surface area contributed by atoms with Crippen molar-refractivity contribution in [3.8, 4) is 0 Å². The molecule has 4 nitrogen and oxygen atoms in total. The summed E-state index contributed by atoms with van der Waals surface area (Å²) in [5.41, 5.74) is 4.80. The average molecular weight is 424 g/mol. The van der Waals surface area contributed by atoms with Crippen molar-refractivity contribution in [3.05, 3.63) is 65.2 Å². The Balaban J connectivity index is 1.70. The van der Waals surface area contributed by atoms with Crippen LogP contribution < -0.4 is 10.4 Å². The maximum Gasteiger partial charge on any atom is 0.173 e. The van der Waals surface area contributed by atoms with Gasteiger partial charge in [-0.2, -0.15) is 0 Å². The number of hydrogen-bond donors (Lipinski definition) is 1. The number of aliphatic carboxylic acids is 1. The van der Waals surface area contributed by atoms with Crippen LogP contribution in [0.2, 0.25) is 0 Å². The van der Waals surface area contributed by atoms with Crippen molar-refractivity contribution in [1.29, 1.82) is 0 Å². The lowest BCUT2D eigenvalue weighted by Gasteiger charge is -2.34. The predicted octanol–water partition coefficient (Wildman–Crippen LogP) is 4.31. The van der Waals surface area contributed by atoms with Crippen molar-refractivity contribution in [1.82, 2.24) is 4.90 Å². The van der Waals surface area contributed by atoms with E-state index in [0.29, 0.717) is 23.9 Å². The third-order valence-corrected chi connectivity index (χ3v) is 6.54. The number of carbonyl (C=O) groups is 1. The van der Waals surface area contributed by atoms with E-state index in [4.69, 9.17) is 12.2 Å². The van der Waals surface area contributed by atoms with E-state index in [-0.39, 0.29) is 5.92 Å². The number of thiocarbonyl (C=S) groups is 1. The van der Waals surface area contributed by atoms with E-state index >= 15 is 0 Å². The summed E-state index contributed by atoms with van der Waals surface area (Å²) in [7, 11) is 0. The summed E-state index contributed by atoms with van der Waals surface area (Å²) in [4.78, 5) is 13.4. The molecule has 2 aromatic carbocycles. The van der Waals surface area contributed by atoms with Crippen LogP contribution in [0, 0.1) is 18.8 Å². The highest BCUT2D eigenvalue weighted by Crippen LogP contribution is 2.30. The van der Waals surface area contributed by atoms with Gasteiger partial charge in [0.25, 0.3) is 0 Å². The number of benzene rings is 2. The molecule has 1 aliphatic rings. The first-order valence-corrected chi connectivity index (χ1v) is 11.3. The van der Waals surface area contributed by atoms with Crippen molar-refractivity contribution < 1.29 is 9.90 Å². The molecule has 0 radical (unpaired) electrons. The van der Waals surface area contributed by atoms with Crippen molar-refractivity contribution in [2.75, 3.05) is 11.9 Å². The normalized spacial score (nSPS) is 18.6. The van der Waals surface area contributed by atoms with Gasteiger partial charge in [-0.15, -0.1) is 0 Å². The first-order chi connectivity index (χ1) is 14.5. The number of carbonyl (C=O) groups excluding carboxylic acids is 1. The SMILES string of the molecule is CCc1ccc(NC(=S)N(Cc2ccccc2C)CC2CCC(C(=O)[O-])CC2)cc1. The molecule has 30 heavy (non-hydrogen) atoms. The molecule has 1 aliphatic carbocycles. The van der Waals surface area contributed by atoms with Gasteiger partial charge < -0.3 is 20.1 Å². The Morgan fingerprint density at radius 2 is 1.77 bits per heavy atom. The number of aryl methyl sites for hydroxylation is 2. The Kier molecular flexibility index (Phi) is 7.86. The molecule has 0 heterocycles. The summed E-state index contributed by atoms with van der Waals surface area (Å²) < 4.78 is 0. The number of nitrogens with one attached hydrogen (secondary N) is 1. The summed E-state index contributed by atoms with van der Waals surface area (Å²) in [6.45, 7) is 5.84. The molecule has 1 fully saturated rings. The van der Waals surface area contributed by atoms with Gasteiger partial charge in [0, 0.05) is 24.7 Å². The van der Waals surface area contributed by atoms with Gasteiger partial charge in [0.05, 0.1) is 0 Å². The first kappa shape index (κ1) is 22.3. The first-order valence-electron chi connectivity index (χ1n) is 10.9. The molecule has 0 atom stereocenters. The maximum absolute atomic E-state index is 11.2. The van der Waals surface area contributed by atoms with E-state index in [1.54, 1.807) is 0 Å². The van der Waals surface area contributed by atoms with Crippen molar-refractivity contribution in [2.24, 2.45) is 11.8 Å². The minimum atomic E-state index is -0.905. The largest absolute Gasteiger partial charge is 0.550 e. The Morgan fingerprint density at radius 1 is 1.10 bits per heavy atom. The van der Waals surface area contributed by atoms with E-state index < -0.39 is 5.97 Å². The average Bonchev–Trinajstić information content (AvgIpc) is 2.75. The fraction of sp³-hybridized carbons (Fsp3) is 0.440. The van der Waals surface area contributed by atoms with E-state index in [9.17, 15) is 9.90 Å². The van der Waals surface area contributed by atoms with Gasteiger partial charge in [-0.3, -0.25) is 0 Å². The molecule has 0 spiro atoms. The number of carboxylic acid groups (broad SMARTS) is 1. The van der Waals surface area contributed by atoms with Crippen LogP contribution in [0.15, 0.2) is 48.5 Å². The molecular formula is C25H31N2O2S-. The standard InChI is InChI=1S/C25H32N2O2S/c1-3-19-10-14-23(15-11-19)26-25(30)27(17-22-7-5-4-6-18(22)2)16-20-8-12-21(13-9-20)24(28)29/h4-7,10-11,14-15,20-21H,3,8-9,12-13,16-17H2,1-2H3,(H,26,30)(H,28,29)/p-1. The highest BCUT2D eigenvalue weighted by molar-refractivity contribution is 7.80. The number of hydrogen-bond acceptors (Lipinski definition) is 3. The van der Waals surface area contributed by atoms with Crippen LogP contribution in [0.25, 0.3) is 0 Å². The molecule has 0 bridgehead atoms. The number of rotatable bonds is 7. The minimum Gasteiger partial charge on any atom is -0.550 e. The van der Waals surface area contributed by atoms with Gasteiger partial charge in [0.1, 0.15) is 0 Å². The lowest BCUT2D eigenvalue weighted by molar-refractivity contribution is -0.312. The lowest BCUT2D eigenvalue weighted by Crippen LogP contribution is -2.40. The van der Waals surface area contributed by atoms with E-state index in [2.05, 4.69) is 72.6 Å². The zero-order chi connectivity index (χ0) is 21.5. The minimum absolute atomic E-state index is 0.298. The fourth-order valence-corrected chi connectivity index (χ4v) is 4.39. The van der Waals surface area contributed by atoms with Gasteiger partial charge >= 0.3 is 0 Å². The molecule has 3 rings (SSSR count). The third kappa shape index (κ3) is 6.05. The fourth-order valence-electron chi connectivity index (χ4n) is 4.13. The van der Waals surface area contributed by atoms with Gasteiger partial charge in [-0.05, 0) is 91.9 Å². The zero-order valence-electron chi connectivity index (χ0n) is 17.9. The summed E-state index contributed by atoms with van der Waals surface area (Å²) in [5, 5.41) is 15.3. The quantitative estimate of drug-likeness (QED) is 0.673. The smallest absolute Gasteiger partial charge is 0.173 e. The lowest BCUT2D eigenvalue weighted by atomic mass is 9.82. The van der Waals surface area contributed by atoms with Gasteiger partial charge in [-0.1, -0.05) is 43.3 Å². The third-order valence-electron chi connectivity index (χ3n) is 6.18. The highest BCUT2D eigenvalue weighted by Gasteiger charge is 2.25. The Morgan fingerprint density at radius 3 is 2.37 bits per heavy atom. The number of nitrogens with zero attached hydrogens (tertiary/aromatic N) is 1. The van der Waals surface area contributed by atoms with E-state index in [0.717, 1.165) is 38.0 Å². The maximum atomic E-state index is 11.2. The van der Waals surface area contributed by atoms with E-state index in [1.165, 1.54) is 16.7 Å². The molecule has 5 heteroatoms. The number of carboxylic acids is 1. The summed E-state index contributed by atoms with van der Waals surface area (Å²) in [6.07, 6.45) is 4.21. The van der Waals surface area contributed by atoms with Gasteiger partial charge in [-0.25, -0.2) is 0 Å². The van der Waals surface area contributed by atoms with Crippen LogP contribution in [-0.2, 0) is 17.8 Å². The summed E-state index contributed by atoms with van der Waals surface area (Å²) >= 11 is 5.81. The van der Waals surface area contributed by atoms with Crippen molar-refractivity contribution >= 4 is 29.0 Å². The van der Waals surface area contributed by atoms with Crippen molar-refractivity contribution in [2.45, 2.75) is 52.5 Å². The second-order valence-corrected chi connectivity index (χ2v) is 8.71. The molecule has 2 aromatic rings. The van der Waals surface area contributed by atoms with Crippen molar-refractivity contribution in [3.63, 3.8) is 0 Å². The molecule has 1 saturated carbocycles. The highest BCUT2D eigenvalue weighted by atomic mass is 32.1. The van der Waals surface area contributed by atoms with Crippen LogP contribution in [-0.4, -0.2) is 22.5 Å². The Bertz CT molecular complexity index is 858. The molecule has 0 unspecified atom stereocenters. The van der Waals surface area contributed by atoms with Crippen LogP contribution in [0.5, 0.6) is 0 Å². The molecule has 0 amide bonds. The molecular weight excluding hydrogens is 392 g/mol. The van der Waals surface area contributed by atoms with Crippen LogP contribution in [0.1, 0.15) is 49.3 Å². The second kappa shape index (κ2) is 10.6. The van der Waals surface area contributed by atoms with Crippen LogP contribution >= 0.6 is 12.2 Å². The summed E-state index contributed by atoms with van der Waals surface area (Å²) in [5.74, 6) is -0.766. The number of anilines is 1. The predicted molar refractivity (Wildman–Crippen MR) is 124 cm³/mol.